The molecule has 35 heavy (non-hydrogen) atoms. The minimum atomic E-state index is -0.747. The molecular formula is C25H20N2O7S. The van der Waals surface area contributed by atoms with E-state index in [0.717, 1.165) is 16.2 Å². The van der Waals surface area contributed by atoms with Crippen LogP contribution in [0.3, 0.4) is 0 Å². The third kappa shape index (κ3) is 4.82. The van der Waals surface area contributed by atoms with Gasteiger partial charge in [0.2, 0.25) is 0 Å². The number of aryl methyl sites for hydroxylation is 1. The Balaban J connectivity index is 1.34. The summed E-state index contributed by atoms with van der Waals surface area (Å²) in [5, 5.41) is 3.01. The number of nitrogens with one attached hydrogen (secondary N) is 1. The molecule has 0 atom stereocenters. The first-order valence-corrected chi connectivity index (χ1v) is 11.4. The molecule has 0 unspecified atom stereocenters. The van der Waals surface area contributed by atoms with Gasteiger partial charge in [-0.2, -0.15) is 0 Å². The van der Waals surface area contributed by atoms with E-state index < -0.39 is 36.3 Å². The van der Waals surface area contributed by atoms with Crippen LogP contribution in [0.1, 0.15) is 53.2 Å². The predicted octanol–water partition coefficient (Wildman–Crippen LogP) is 3.83. The van der Waals surface area contributed by atoms with Crippen LogP contribution in [0.4, 0.5) is 10.7 Å². The molecule has 9 nitrogen and oxygen atoms in total. The molecule has 178 valence electrons. The first kappa shape index (κ1) is 23.8. The SMILES string of the molecule is CCOC(=O)c1sc(NC(=O)COC(=O)c2ccc(N3C(=O)c4ccccc4C3=O)cc2)cc1C. The van der Waals surface area contributed by atoms with Gasteiger partial charge in [-0.15, -0.1) is 11.3 Å². The maximum Gasteiger partial charge on any atom is 0.348 e. The molecular weight excluding hydrogens is 472 g/mol. The quantitative estimate of drug-likeness (QED) is 0.393. The van der Waals surface area contributed by atoms with Crippen molar-refractivity contribution in [1.82, 2.24) is 0 Å². The van der Waals surface area contributed by atoms with E-state index in [1.807, 2.05) is 0 Å². The minimum absolute atomic E-state index is 0.148. The Labute approximate surface area is 204 Å². The number of fused-ring (bicyclic) bond motifs is 1. The highest BCUT2D eigenvalue weighted by Crippen LogP contribution is 2.29. The van der Waals surface area contributed by atoms with Gasteiger partial charge in [0, 0.05) is 0 Å². The monoisotopic (exact) mass is 492 g/mol. The number of hydrogen-bond donors (Lipinski definition) is 1. The summed E-state index contributed by atoms with van der Waals surface area (Å²) in [6.07, 6.45) is 0. The van der Waals surface area contributed by atoms with Gasteiger partial charge in [-0.1, -0.05) is 12.1 Å². The highest BCUT2D eigenvalue weighted by Gasteiger charge is 2.36. The van der Waals surface area contributed by atoms with E-state index in [1.165, 1.54) is 24.3 Å². The van der Waals surface area contributed by atoms with Crippen molar-refractivity contribution < 1.29 is 33.4 Å². The number of thiophene rings is 1. The lowest BCUT2D eigenvalue weighted by Crippen LogP contribution is -2.29. The van der Waals surface area contributed by atoms with Crippen LogP contribution in [0, 0.1) is 6.92 Å². The van der Waals surface area contributed by atoms with Gasteiger partial charge in [-0.05, 0) is 61.9 Å². The molecule has 3 amide bonds. The summed E-state index contributed by atoms with van der Waals surface area (Å²) < 4.78 is 10.0. The average Bonchev–Trinajstić information content (AvgIpc) is 3.34. The van der Waals surface area contributed by atoms with Gasteiger partial charge >= 0.3 is 11.9 Å². The zero-order valence-corrected chi connectivity index (χ0v) is 19.6. The molecule has 1 aliphatic heterocycles. The lowest BCUT2D eigenvalue weighted by Gasteiger charge is -2.14. The van der Waals surface area contributed by atoms with Gasteiger partial charge in [-0.3, -0.25) is 14.4 Å². The molecule has 0 saturated carbocycles. The van der Waals surface area contributed by atoms with Crippen molar-refractivity contribution in [2.24, 2.45) is 0 Å². The normalized spacial score (nSPS) is 12.3. The molecule has 2 aromatic carbocycles. The van der Waals surface area contributed by atoms with Crippen LogP contribution in [0.5, 0.6) is 0 Å². The van der Waals surface area contributed by atoms with Gasteiger partial charge in [0.05, 0.1) is 34.0 Å². The first-order valence-electron chi connectivity index (χ1n) is 10.6. The molecule has 0 spiro atoms. The Morgan fingerprint density at radius 3 is 2.14 bits per heavy atom. The van der Waals surface area contributed by atoms with Crippen molar-refractivity contribution in [2.45, 2.75) is 13.8 Å². The standard InChI is InChI=1S/C25H20N2O7S/c1-3-33-25(32)21-14(2)12-20(35-21)26-19(28)13-34-24(31)15-8-10-16(11-9-15)27-22(29)17-6-4-5-7-18(17)23(27)30/h4-12H,3,13H2,1-2H3,(H,26,28). The summed E-state index contributed by atoms with van der Waals surface area (Å²) in [6.45, 7) is 3.14. The van der Waals surface area contributed by atoms with E-state index in [9.17, 15) is 24.0 Å². The molecule has 0 bridgehead atoms. The Hall–Kier alpha value is -4.31. The third-order valence-corrected chi connectivity index (χ3v) is 6.26. The number of imide groups is 1. The van der Waals surface area contributed by atoms with E-state index in [4.69, 9.17) is 9.47 Å². The molecule has 1 aliphatic rings. The molecule has 2 heterocycles. The van der Waals surface area contributed by atoms with E-state index in [2.05, 4.69) is 5.32 Å². The number of carbonyl (C=O) groups is 5. The summed E-state index contributed by atoms with van der Waals surface area (Å²) in [5.74, 6) is -2.66. The lowest BCUT2D eigenvalue weighted by atomic mass is 10.1. The molecule has 0 fully saturated rings. The maximum atomic E-state index is 12.6. The predicted molar refractivity (Wildman–Crippen MR) is 128 cm³/mol. The number of nitrogens with zero attached hydrogens (tertiary/aromatic N) is 1. The summed E-state index contributed by atoms with van der Waals surface area (Å²) in [6, 6.07) is 13.9. The Morgan fingerprint density at radius 2 is 1.54 bits per heavy atom. The van der Waals surface area contributed by atoms with Crippen LogP contribution in [0.25, 0.3) is 0 Å². The van der Waals surface area contributed by atoms with Crippen LogP contribution < -0.4 is 10.2 Å². The van der Waals surface area contributed by atoms with Crippen molar-refractivity contribution >= 4 is 51.7 Å². The highest BCUT2D eigenvalue weighted by atomic mass is 32.1. The van der Waals surface area contributed by atoms with Crippen LogP contribution in [0.15, 0.2) is 54.6 Å². The second-order valence-corrected chi connectivity index (χ2v) is 8.56. The fraction of sp³-hybridized carbons (Fsp3) is 0.160. The number of benzene rings is 2. The molecule has 1 aromatic heterocycles. The van der Waals surface area contributed by atoms with Crippen LogP contribution in [0.2, 0.25) is 0 Å². The van der Waals surface area contributed by atoms with Crippen LogP contribution in [-0.2, 0) is 14.3 Å². The highest BCUT2D eigenvalue weighted by molar-refractivity contribution is 7.18. The van der Waals surface area contributed by atoms with Crippen LogP contribution in [-0.4, -0.2) is 42.9 Å². The fourth-order valence-electron chi connectivity index (χ4n) is 3.50. The van der Waals surface area contributed by atoms with E-state index >= 15 is 0 Å². The van der Waals surface area contributed by atoms with Gasteiger partial charge in [0.25, 0.3) is 17.7 Å². The van der Waals surface area contributed by atoms with Crippen molar-refractivity contribution in [3.8, 4) is 0 Å². The average molecular weight is 493 g/mol. The summed E-state index contributed by atoms with van der Waals surface area (Å²) in [7, 11) is 0. The summed E-state index contributed by atoms with van der Waals surface area (Å²) in [4.78, 5) is 63.1. The number of rotatable bonds is 7. The Bertz CT molecular complexity index is 1310. The van der Waals surface area contributed by atoms with Gasteiger partial charge in [0.15, 0.2) is 6.61 Å². The number of ether oxygens (including phenoxy) is 2. The molecule has 0 saturated heterocycles. The van der Waals surface area contributed by atoms with E-state index in [1.54, 1.807) is 44.2 Å². The zero-order chi connectivity index (χ0) is 25.1. The topological polar surface area (TPSA) is 119 Å². The fourth-order valence-corrected chi connectivity index (χ4v) is 4.48. The molecule has 1 N–H and O–H groups in total. The van der Waals surface area contributed by atoms with Crippen molar-refractivity contribution in [1.29, 1.82) is 0 Å². The number of carbonyl (C=O) groups excluding carboxylic acids is 5. The molecule has 3 aromatic rings. The summed E-state index contributed by atoms with van der Waals surface area (Å²) in [5.41, 5.74) is 1.77. The summed E-state index contributed by atoms with van der Waals surface area (Å²) >= 11 is 1.07. The molecule has 0 aliphatic carbocycles. The van der Waals surface area contributed by atoms with Gasteiger partial charge in [-0.25, -0.2) is 14.5 Å². The second kappa shape index (κ2) is 9.90. The number of anilines is 2. The maximum absolute atomic E-state index is 12.6. The van der Waals surface area contributed by atoms with Crippen molar-refractivity contribution in [2.75, 3.05) is 23.4 Å². The number of hydrogen-bond acceptors (Lipinski definition) is 8. The number of esters is 2. The van der Waals surface area contributed by atoms with E-state index in [0.29, 0.717) is 32.3 Å². The van der Waals surface area contributed by atoms with E-state index in [-0.39, 0.29) is 12.2 Å². The lowest BCUT2D eigenvalue weighted by molar-refractivity contribution is -0.119. The first-order chi connectivity index (χ1) is 16.8. The zero-order valence-electron chi connectivity index (χ0n) is 18.8. The smallest absolute Gasteiger partial charge is 0.348 e. The largest absolute Gasteiger partial charge is 0.462 e. The third-order valence-electron chi connectivity index (χ3n) is 5.13. The van der Waals surface area contributed by atoms with Crippen LogP contribution >= 0.6 is 11.3 Å². The molecule has 4 rings (SSSR count). The van der Waals surface area contributed by atoms with Gasteiger partial charge in [0.1, 0.15) is 4.88 Å². The minimum Gasteiger partial charge on any atom is -0.462 e. The van der Waals surface area contributed by atoms with Gasteiger partial charge < -0.3 is 14.8 Å². The second-order valence-electron chi connectivity index (χ2n) is 7.51. The molecule has 0 radical (unpaired) electrons. The number of amides is 3. The van der Waals surface area contributed by atoms with Crippen molar-refractivity contribution in [3.05, 3.63) is 81.7 Å². The Morgan fingerprint density at radius 1 is 0.914 bits per heavy atom. The molecule has 10 heteroatoms. The Kier molecular flexibility index (Phi) is 6.74. The van der Waals surface area contributed by atoms with Crippen molar-refractivity contribution in [3.63, 3.8) is 0 Å².